The fourth-order valence-electron chi connectivity index (χ4n) is 2.86. The predicted octanol–water partition coefficient (Wildman–Crippen LogP) is 1.07. The highest BCUT2D eigenvalue weighted by Crippen LogP contribution is 2.42. The second kappa shape index (κ2) is 4.35. The van der Waals surface area contributed by atoms with Crippen molar-refractivity contribution < 1.29 is 5.11 Å². The lowest BCUT2D eigenvalue weighted by atomic mass is 10.0. The quantitative estimate of drug-likeness (QED) is 0.702. The molecule has 1 saturated carbocycles. The summed E-state index contributed by atoms with van der Waals surface area (Å²) in [6.07, 6.45) is 3.50. The van der Waals surface area contributed by atoms with Gasteiger partial charge in [0.1, 0.15) is 5.69 Å². The van der Waals surface area contributed by atoms with Crippen molar-refractivity contribution in [2.75, 3.05) is 0 Å². The molecule has 0 radical (unpaired) electrons. The van der Waals surface area contributed by atoms with Gasteiger partial charge in [0.15, 0.2) is 11.8 Å². The van der Waals surface area contributed by atoms with Gasteiger partial charge in [-0.05, 0) is 12.0 Å². The van der Waals surface area contributed by atoms with Crippen LogP contribution in [0.25, 0.3) is 5.70 Å². The molecule has 104 valence electrons. The van der Waals surface area contributed by atoms with Gasteiger partial charge in [-0.3, -0.25) is 0 Å². The summed E-state index contributed by atoms with van der Waals surface area (Å²) < 4.78 is 1.89. The van der Waals surface area contributed by atoms with Crippen LogP contribution < -0.4 is 11.1 Å². The maximum Gasteiger partial charge on any atom is 0.199 e. The second-order valence-electron chi connectivity index (χ2n) is 5.08. The monoisotopic (exact) mass is 271 g/mol. The summed E-state index contributed by atoms with van der Waals surface area (Å²) in [4.78, 5) is 8.60. The van der Waals surface area contributed by atoms with E-state index in [0.717, 1.165) is 5.57 Å². The van der Waals surface area contributed by atoms with E-state index in [-0.39, 0.29) is 17.9 Å². The van der Waals surface area contributed by atoms with Gasteiger partial charge >= 0.3 is 0 Å². The summed E-state index contributed by atoms with van der Waals surface area (Å²) >= 11 is 0. The highest BCUT2D eigenvalue weighted by molar-refractivity contribution is 5.93. The fourth-order valence-corrected chi connectivity index (χ4v) is 2.86. The van der Waals surface area contributed by atoms with Gasteiger partial charge in [0.25, 0.3) is 0 Å². The minimum Gasteiger partial charge on any atom is -0.392 e. The molecule has 2 heterocycles. The Balaban J connectivity index is 2.04. The highest BCUT2D eigenvalue weighted by Gasteiger charge is 2.37. The molecule has 4 N–H and O–H groups in total. The van der Waals surface area contributed by atoms with Crippen LogP contribution in [0.15, 0.2) is 42.7 Å². The molecule has 0 aromatic carbocycles. The Morgan fingerprint density at radius 2 is 2.25 bits per heavy atom. The van der Waals surface area contributed by atoms with Gasteiger partial charge in [-0.15, -0.1) is 6.58 Å². The van der Waals surface area contributed by atoms with Crippen molar-refractivity contribution in [2.24, 2.45) is 16.6 Å². The van der Waals surface area contributed by atoms with Crippen molar-refractivity contribution in [1.29, 1.82) is 0 Å². The molecule has 20 heavy (non-hydrogen) atoms. The highest BCUT2D eigenvalue weighted by atomic mass is 16.3. The largest absolute Gasteiger partial charge is 0.392 e. The minimum atomic E-state index is -0.478. The summed E-state index contributed by atoms with van der Waals surface area (Å²) in [6, 6.07) is -0.0632. The van der Waals surface area contributed by atoms with Crippen LogP contribution in [0.4, 0.5) is 5.82 Å². The van der Waals surface area contributed by atoms with E-state index < -0.39 is 6.10 Å². The van der Waals surface area contributed by atoms with Crippen LogP contribution in [-0.2, 0) is 0 Å². The van der Waals surface area contributed by atoms with Gasteiger partial charge in [0.05, 0.1) is 24.2 Å². The second-order valence-corrected chi connectivity index (χ2v) is 5.08. The molecule has 0 unspecified atom stereocenters. The first kappa shape index (κ1) is 12.7. The van der Waals surface area contributed by atoms with Crippen molar-refractivity contribution in [1.82, 2.24) is 14.9 Å². The third kappa shape index (κ3) is 1.69. The third-order valence-corrected chi connectivity index (χ3v) is 3.88. The van der Waals surface area contributed by atoms with Crippen molar-refractivity contribution >= 4 is 17.5 Å². The molecule has 6 nitrogen and oxygen atoms in total. The normalized spacial score (nSPS) is 28.9. The van der Waals surface area contributed by atoms with E-state index in [1.807, 2.05) is 4.57 Å². The van der Waals surface area contributed by atoms with E-state index >= 15 is 0 Å². The van der Waals surface area contributed by atoms with Crippen LogP contribution in [0.5, 0.6) is 0 Å². The van der Waals surface area contributed by atoms with Crippen LogP contribution in [-0.4, -0.2) is 26.7 Å². The number of guanidine groups is 1. The van der Waals surface area contributed by atoms with Gasteiger partial charge in [-0.2, -0.15) is 4.99 Å². The molecule has 1 aliphatic carbocycles. The molecule has 1 aromatic rings. The predicted molar refractivity (Wildman–Crippen MR) is 78.2 cm³/mol. The number of aliphatic hydroxyl groups is 1. The Hall–Kier alpha value is -2.34. The first-order chi connectivity index (χ1) is 9.52. The lowest BCUT2D eigenvalue weighted by molar-refractivity contribution is 0.155. The fraction of sp³-hybridized carbons (Fsp3) is 0.286. The molecule has 0 amide bonds. The molecular formula is C14H17N5O. The number of hydrogen-bond acceptors (Lipinski definition) is 5. The van der Waals surface area contributed by atoms with Crippen LogP contribution in [0.3, 0.4) is 0 Å². The third-order valence-electron chi connectivity index (χ3n) is 3.88. The zero-order valence-electron chi connectivity index (χ0n) is 11.1. The van der Waals surface area contributed by atoms with E-state index in [1.54, 1.807) is 12.4 Å². The number of rotatable bonds is 2. The summed E-state index contributed by atoms with van der Waals surface area (Å²) in [5, 5.41) is 12.9. The number of nitrogens with zero attached hydrogens (tertiary/aromatic N) is 3. The van der Waals surface area contributed by atoms with Gasteiger partial charge in [0.2, 0.25) is 0 Å². The van der Waals surface area contributed by atoms with Crippen molar-refractivity contribution in [3.05, 3.63) is 43.4 Å². The summed E-state index contributed by atoms with van der Waals surface area (Å²) in [5.41, 5.74) is 7.93. The number of nitrogens with one attached hydrogen (secondary N) is 1. The SMILES string of the molecule is C=C[C@H]1C(=C)[C@@H](n2cnc3c2N=C(N)NC3=C)C[C@@H]1O. The Morgan fingerprint density at radius 1 is 1.50 bits per heavy atom. The van der Waals surface area contributed by atoms with Crippen LogP contribution >= 0.6 is 0 Å². The smallest absolute Gasteiger partial charge is 0.199 e. The topological polar surface area (TPSA) is 88.5 Å². The molecule has 0 bridgehead atoms. The molecule has 6 heteroatoms. The summed E-state index contributed by atoms with van der Waals surface area (Å²) in [7, 11) is 0. The molecule has 1 aliphatic heterocycles. The van der Waals surface area contributed by atoms with E-state index in [0.29, 0.717) is 23.6 Å². The van der Waals surface area contributed by atoms with Crippen molar-refractivity contribution in [3.8, 4) is 0 Å². The molecule has 0 saturated heterocycles. The lowest BCUT2D eigenvalue weighted by Crippen LogP contribution is -2.32. The Morgan fingerprint density at radius 3 is 2.90 bits per heavy atom. The molecule has 0 spiro atoms. The Kier molecular flexibility index (Phi) is 2.76. The molecule has 1 fully saturated rings. The van der Waals surface area contributed by atoms with Crippen LogP contribution in [0.2, 0.25) is 0 Å². The van der Waals surface area contributed by atoms with E-state index in [2.05, 4.69) is 35.0 Å². The molecule has 2 aliphatic rings. The van der Waals surface area contributed by atoms with Crippen molar-refractivity contribution in [2.45, 2.75) is 18.6 Å². The van der Waals surface area contributed by atoms with E-state index in [1.165, 1.54) is 0 Å². The zero-order chi connectivity index (χ0) is 14.4. The molecule has 1 aromatic heterocycles. The van der Waals surface area contributed by atoms with Gasteiger partial charge < -0.3 is 20.7 Å². The first-order valence-electron chi connectivity index (χ1n) is 6.39. The van der Waals surface area contributed by atoms with Crippen LogP contribution in [0, 0.1) is 5.92 Å². The Bertz CT molecular complexity index is 642. The number of aliphatic hydroxyl groups excluding tert-OH is 1. The summed E-state index contributed by atoms with van der Waals surface area (Å²) in [5.74, 6) is 0.826. The first-order valence-corrected chi connectivity index (χ1v) is 6.39. The minimum absolute atomic E-state index is 0.0632. The molecular weight excluding hydrogens is 254 g/mol. The number of nitrogens with two attached hydrogens (primary N) is 1. The standard InChI is InChI=1S/C14H17N5O/c1-4-9-7(2)10(5-11(9)20)19-6-16-12-8(3)17-14(15)18-13(12)19/h4,6,9-11,20H,1-3,5H2,(H3,15,17,18)/t9-,10-,11-/m0/s1. The maximum atomic E-state index is 10.1. The number of fused-ring (bicyclic) bond motifs is 1. The van der Waals surface area contributed by atoms with Crippen LogP contribution in [0.1, 0.15) is 18.2 Å². The number of imidazole rings is 1. The lowest BCUT2D eigenvalue weighted by Gasteiger charge is -2.19. The van der Waals surface area contributed by atoms with Gasteiger partial charge in [0, 0.05) is 5.92 Å². The number of hydrogen-bond donors (Lipinski definition) is 3. The Labute approximate surface area is 117 Å². The molecule has 3 rings (SSSR count). The maximum absolute atomic E-state index is 10.1. The number of aliphatic imine (C=N–C) groups is 1. The average Bonchev–Trinajstić information content (AvgIpc) is 2.91. The van der Waals surface area contributed by atoms with Gasteiger partial charge in [-0.25, -0.2) is 4.98 Å². The van der Waals surface area contributed by atoms with E-state index in [9.17, 15) is 5.11 Å². The molecule has 3 atom stereocenters. The van der Waals surface area contributed by atoms with Gasteiger partial charge in [-0.1, -0.05) is 19.2 Å². The number of aromatic nitrogens is 2. The zero-order valence-corrected chi connectivity index (χ0v) is 11.1. The van der Waals surface area contributed by atoms with Crippen molar-refractivity contribution in [3.63, 3.8) is 0 Å². The summed E-state index contributed by atoms with van der Waals surface area (Å²) in [6.45, 7) is 11.7. The van der Waals surface area contributed by atoms with E-state index in [4.69, 9.17) is 5.73 Å². The average molecular weight is 271 g/mol.